The van der Waals surface area contributed by atoms with Gasteiger partial charge in [-0.1, -0.05) is 0 Å². The number of carbonyl (C=O) groups excluding carboxylic acids is 1. The Labute approximate surface area is 197 Å². The van der Waals surface area contributed by atoms with Crippen molar-refractivity contribution in [2.75, 3.05) is 33.2 Å². The molecule has 0 radical (unpaired) electrons. The van der Waals surface area contributed by atoms with Gasteiger partial charge in [0.05, 0.1) is 6.54 Å². The van der Waals surface area contributed by atoms with Crippen molar-refractivity contribution < 1.29 is 9.53 Å². The highest BCUT2D eigenvalue weighted by Crippen LogP contribution is 2.21. The van der Waals surface area contributed by atoms with Crippen LogP contribution >= 0.6 is 24.0 Å². The Morgan fingerprint density at radius 3 is 2.77 bits per heavy atom. The molecule has 30 heavy (non-hydrogen) atoms. The first-order valence-corrected chi connectivity index (χ1v) is 10.5. The second-order valence-electron chi connectivity index (χ2n) is 8.61. The molecular formula is C20H38IN7O2. The first-order chi connectivity index (χ1) is 13.7. The standard InChI is InChI=1S/C20H37N7O2.HI/c1-7-21-18(25(5)14-17-23-15-24-26(17)6)22-11-10-16-9-8-12-27(13-16)19(28)29-20(2,3)4;/h15-16H,7-14H2,1-6H3,(H,21,22);1H. The molecule has 0 bridgehead atoms. The van der Waals surface area contributed by atoms with Crippen LogP contribution in [-0.4, -0.2) is 75.4 Å². The van der Waals surface area contributed by atoms with E-state index in [1.807, 2.05) is 39.8 Å². The maximum atomic E-state index is 12.3. The molecule has 172 valence electrons. The van der Waals surface area contributed by atoms with Crippen LogP contribution in [0.3, 0.4) is 0 Å². The fraction of sp³-hybridized carbons (Fsp3) is 0.800. The number of hydrogen-bond acceptors (Lipinski definition) is 5. The lowest BCUT2D eigenvalue weighted by Gasteiger charge is -2.34. The number of aliphatic imine (C=N–C) groups is 1. The third kappa shape index (κ3) is 8.65. The molecule has 1 aromatic rings. The first-order valence-electron chi connectivity index (χ1n) is 10.5. The zero-order valence-electron chi connectivity index (χ0n) is 19.2. The van der Waals surface area contributed by atoms with Crippen LogP contribution in [0.2, 0.25) is 0 Å². The van der Waals surface area contributed by atoms with Crippen molar-refractivity contribution in [3.05, 3.63) is 12.2 Å². The number of halogens is 1. The normalized spacial score (nSPS) is 17.3. The average molecular weight is 535 g/mol. The van der Waals surface area contributed by atoms with E-state index in [4.69, 9.17) is 9.73 Å². The summed E-state index contributed by atoms with van der Waals surface area (Å²) in [6.45, 7) is 11.5. The van der Waals surface area contributed by atoms with Gasteiger partial charge in [0.15, 0.2) is 5.96 Å². The number of piperidine rings is 1. The summed E-state index contributed by atoms with van der Waals surface area (Å²) in [5, 5.41) is 7.46. The second-order valence-corrected chi connectivity index (χ2v) is 8.61. The number of rotatable bonds is 6. The molecule has 0 aliphatic carbocycles. The predicted octanol–water partition coefficient (Wildman–Crippen LogP) is 2.87. The van der Waals surface area contributed by atoms with E-state index in [9.17, 15) is 4.79 Å². The molecule has 0 spiro atoms. The van der Waals surface area contributed by atoms with E-state index in [-0.39, 0.29) is 30.1 Å². The van der Waals surface area contributed by atoms with Gasteiger partial charge in [0.2, 0.25) is 0 Å². The Hall–Kier alpha value is -1.59. The summed E-state index contributed by atoms with van der Waals surface area (Å²) in [5.74, 6) is 2.20. The van der Waals surface area contributed by atoms with Crippen molar-refractivity contribution in [2.24, 2.45) is 18.0 Å². The van der Waals surface area contributed by atoms with Gasteiger partial charge in [-0.15, -0.1) is 24.0 Å². The van der Waals surface area contributed by atoms with Crippen molar-refractivity contribution in [1.29, 1.82) is 0 Å². The Morgan fingerprint density at radius 2 is 2.17 bits per heavy atom. The lowest BCUT2D eigenvalue weighted by atomic mass is 9.95. The lowest BCUT2D eigenvalue weighted by Crippen LogP contribution is -2.43. The highest BCUT2D eigenvalue weighted by molar-refractivity contribution is 14.0. The SMILES string of the molecule is CCNC(=NCCC1CCCN(C(=O)OC(C)(C)C)C1)N(C)Cc1ncnn1C.I. The number of likely N-dealkylation sites (tertiary alicyclic amines) is 1. The highest BCUT2D eigenvalue weighted by atomic mass is 127. The van der Waals surface area contributed by atoms with Crippen LogP contribution in [0.5, 0.6) is 0 Å². The van der Waals surface area contributed by atoms with Gasteiger partial charge in [-0.05, 0) is 52.9 Å². The third-order valence-electron chi connectivity index (χ3n) is 4.85. The summed E-state index contributed by atoms with van der Waals surface area (Å²) in [6, 6.07) is 0. The predicted molar refractivity (Wildman–Crippen MR) is 129 cm³/mol. The van der Waals surface area contributed by atoms with Gasteiger partial charge >= 0.3 is 6.09 Å². The van der Waals surface area contributed by atoms with Crippen molar-refractivity contribution in [2.45, 2.75) is 59.1 Å². The van der Waals surface area contributed by atoms with Crippen molar-refractivity contribution >= 4 is 36.0 Å². The van der Waals surface area contributed by atoms with Crippen LogP contribution in [0.4, 0.5) is 4.79 Å². The molecule has 1 fully saturated rings. The smallest absolute Gasteiger partial charge is 0.410 e. The molecule has 9 nitrogen and oxygen atoms in total. The molecule has 1 aliphatic heterocycles. The van der Waals surface area contributed by atoms with E-state index in [1.54, 1.807) is 11.0 Å². The van der Waals surface area contributed by atoms with Crippen LogP contribution in [0.1, 0.15) is 52.8 Å². The third-order valence-corrected chi connectivity index (χ3v) is 4.85. The van der Waals surface area contributed by atoms with E-state index in [0.717, 1.165) is 57.2 Å². The molecule has 1 amide bonds. The molecule has 10 heteroatoms. The van der Waals surface area contributed by atoms with Crippen LogP contribution in [0.15, 0.2) is 11.3 Å². The number of aromatic nitrogens is 3. The van der Waals surface area contributed by atoms with Crippen LogP contribution < -0.4 is 5.32 Å². The van der Waals surface area contributed by atoms with Gasteiger partial charge in [-0.25, -0.2) is 9.78 Å². The van der Waals surface area contributed by atoms with Gasteiger partial charge in [-0.2, -0.15) is 5.10 Å². The number of guanidine groups is 1. The quantitative estimate of drug-likeness (QED) is 0.343. The Kier molecular flexibility index (Phi) is 10.9. The molecule has 0 saturated carbocycles. The number of ether oxygens (including phenoxy) is 1. The van der Waals surface area contributed by atoms with Gasteiger partial charge in [0, 0.05) is 40.3 Å². The van der Waals surface area contributed by atoms with Crippen molar-refractivity contribution in [3.63, 3.8) is 0 Å². The molecule has 2 heterocycles. The number of amides is 1. The fourth-order valence-corrected chi connectivity index (χ4v) is 3.37. The summed E-state index contributed by atoms with van der Waals surface area (Å²) in [6.07, 6.45) is 4.45. The maximum Gasteiger partial charge on any atom is 0.410 e. The summed E-state index contributed by atoms with van der Waals surface area (Å²) >= 11 is 0. The van der Waals surface area contributed by atoms with Crippen LogP contribution in [0, 0.1) is 5.92 Å². The second kappa shape index (κ2) is 12.3. The minimum absolute atomic E-state index is 0. The molecule has 1 N–H and O–H groups in total. The molecule has 1 aliphatic rings. The Bertz CT molecular complexity index is 687. The van der Waals surface area contributed by atoms with Gasteiger partial charge < -0.3 is 19.9 Å². The lowest BCUT2D eigenvalue weighted by molar-refractivity contribution is 0.0163. The first kappa shape index (κ1) is 26.4. The zero-order chi connectivity index (χ0) is 21.4. The molecule has 1 unspecified atom stereocenters. The summed E-state index contributed by atoms with van der Waals surface area (Å²) in [7, 11) is 3.89. The minimum atomic E-state index is -0.456. The van der Waals surface area contributed by atoms with Crippen molar-refractivity contribution in [3.8, 4) is 0 Å². The minimum Gasteiger partial charge on any atom is -0.444 e. The van der Waals surface area contributed by atoms with Crippen LogP contribution in [0.25, 0.3) is 0 Å². The van der Waals surface area contributed by atoms with E-state index < -0.39 is 5.60 Å². The summed E-state index contributed by atoms with van der Waals surface area (Å²) in [4.78, 5) is 25.3. The number of carbonyl (C=O) groups is 1. The molecule has 1 atom stereocenters. The van der Waals surface area contributed by atoms with Gasteiger partial charge in [0.1, 0.15) is 17.8 Å². The summed E-state index contributed by atoms with van der Waals surface area (Å²) in [5.41, 5.74) is -0.456. The number of nitrogens with one attached hydrogen (secondary N) is 1. The topological polar surface area (TPSA) is 87.9 Å². The van der Waals surface area contributed by atoms with Crippen LogP contribution in [-0.2, 0) is 18.3 Å². The number of nitrogens with zero attached hydrogens (tertiary/aromatic N) is 6. The van der Waals surface area contributed by atoms with Gasteiger partial charge in [0.25, 0.3) is 0 Å². The van der Waals surface area contributed by atoms with E-state index >= 15 is 0 Å². The largest absolute Gasteiger partial charge is 0.444 e. The summed E-state index contributed by atoms with van der Waals surface area (Å²) < 4.78 is 7.29. The van der Waals surface area contributed by atoms with E-state index in [2.05, 4.69) is 27.2 Å². The van der Waals surface area contributed by atoms with Gasteiger partial charge in [-0.3, -0.25) is 9.67 Å². The zero-order valence-corrected chi connectivity index (χ0v) is 21.5. The molecular weight excluding hydrogens is 497 g/mol. The maximum absolute atomic E-state index is 12.3. The molecule has 1 aromatic heterocycles. The van der Waals surface area contributed by atoms with Crippen molar-refractivity contribution in [1.82, 2.24) is 29.9 Å². The van der Waals surface area contributed by atoms with E-state index in [1.165, 1.54) is 0 Å². The number of hydrogen-bond donors (Lipinski definition) is 1. The monoisotopic (exact) mass is 535 g/mol. The van der Waals surface area contributed by atoms with E-state index in [0.29, 0.717) is 12.5 Å². The Balaban J connectivity index is 0.00000450. The Morgan fingerprint density at radius 1 is 1.43 bits per heavy atom. The molecule has 0 aromatic carbocycles. The number of aryl methyl sites for hydroxylation is 1. The molecule has 2 rings (SSSR count). The highest BCUT2D eigenvalue weighted by Gasteiger charge is 2.27. The average Bonchev–Trinajstić information content (AvgIpc) is 3.04. The molecule has 1 saturated heterocycles. The fourth-order valence-electron chi connectivity index (χ4n) is 3.37.